The number of hydrogen-bond acceptors (Lipinski definition) is 2. The molecule has 1 fully saturated rings. The van der Waals surface area contributed by atoms with Crippen LogP contribution in [0.4, 0.5) is 0 Å². The second-order valence-electron chi connectivity index (χ2n) is 4.90. The average Bonchev–Trinajstić information content (AvgIpc) is 2.42. The minimum atomic E-state index is -0.846. The van der Waals surface area contributed by atoms with E-state index < -0.39 is 5.41 Å². The molecule has 2 rings (SSSR count). The predicted octanol–water partition coefficient (Wildman–Crippen LogP) is 3.57. The number of carbonyl (C=O) groups is 2. The molecule has 0 heterocycles. The highest BCUT2D eigenvalue weighted by molar-refractivity contribution is 6.15. The Bertz CT molecular complexity index is 461. The molecule has 0 saturated heterocycles. The highest BCUT2D eigenvalue weighted by atomic mass is 16.2. The molecule has 0 aromatic heterocycles. The molecule has 0 amide bonds. The molecule has 1 unspecified atom stereocenters. The van der Waals surface area contributed by atoms with Crippen LogP contribution in [0.15, 0.2) is 43.0 Å². The molecule has 1 saturated carbocycles. The lowest BCUT2D eigenvalue weighted by Crippen LogP contribution is -2.41. The molecule has 1 aromatic carbocycles. The van der Waals surface area contributed by atoms with E-state index in [-0.39, 0.29) is 11.6 Å². The smallest absolute Gasteiger partial charge is 0.176 e. The number of rotatable bonds is 4. The van der Waals surface area contributed by atoms with Crippen LogP contribution in [0.5, 0.6) is 0 Å². The summed E-state index contributed by atoms with van der Waals surface area (Å²) in [5, 5.41) is 0. The number of Topliss-reactive ketones (excluding diaryl/α,β-unsaturated/α-hetero) is 2. The standard InChI is InChI=1S/C16H18O2/c1-2-11-16(12-7-6-10-14(16)17)15(18)13-8-4-3-5-9-13/h2-5,8-9H,1,6-7,10-12H2. The first-order valence-corrected chi connectivity index (χ1v) is 6.45. The lowest BCUT2D eigenvalue weighted by atomic mass is 9.66. The maximum Gasteiger partial charge on any atom is 0.176 e. The van der Waals surface area contributed by atoms with Crippen LogP contribution in [0, 0.1) is 5.41 Å². The first-order valence-electron chi connectivity index (χ1n) is 6.45. The Morgan fingerprint density at radius 3 is 2.61 bits per heavy atom. The molecule has 18 heavy (non-hydrogen) atoms. The molecule has 2 nitrogen and oxygen atoms in total. The van der Waals surface area contributed by atoms with Gasteiger partial charge in [-0.15, -0.1) is 6.58 Å². The summed E-state index contributed by atoms with van der Waals surface area (Å²) in [6, 6.07) is 9.12. The van der Waals surface area contributed by atoms with Crippen LogP contribution in [-0.2, 0) is 4.79 Å². The van der Waals surface area contributed by atoms with Crippen LogP contribution in [0.1, 0.15) is 42.5 Å². The minimum absolute atomic E-state index is 0.0345. The Balaban J connectivity index is 2.38. The fourth-order valence-corrected chi connectivity index (χ4v) is 2.75. The molecule has 1 atom stereocenters. The van der Waals surface area contributed by atoms with Crippen molar-refractivity contribution in [3.8, 4) is 0 Å². The summed E-state index contributed by atoms with van der Waals surface area (Å²) in [6.07, 6.45) is 5.18. The Kier molecular flexibility index (Phi) is 3.75. The van der Waals surface area contributed by atoms with Gasteiger partial charge in [0, 0.05) is 12.0 Å². The fraction of sp³-hybridized carbons (Fsp3) is 0.375. The monoisotopic (exact) mass is 242 g/mol. The van der Waals surface area contributed by atoms with E-state index in [1.807, 2.05) is 18.2 Å². The first-order chi connectivity index (χ1) is 8.70. The largest absolute Gasteiger partial charge is 0.299 e. The quantitative estimate of drug-likeness (QED) is 0.459. The van der Waals surface area contributed by atoms with Gasteiger partial charge in [0.2, 0.25) is 0 Å². The summed E-state index contributed by atoms with van der Waals surface area (Å²) in [4.78, 5) is 24.9. The molecule has 0 bridgehead atoms. The van der Waals surface area contributed by atoms with Gasteiger partial charge in [0.25, 0.3) is 0 Å². The van der Waals surface area contributed by atoms with Gasteiger partial charge in [-0.3, -0.25) is 9.59 Å². The number of carbonyl (C=O) groups excluding carboxylic acids is 2. The second kappa shape index (κ2) is 5.30. The van der Waals surface area contributed by atoms with Gasteiger partial charge in [0.15, 0.2) is 5.78 Å². The Morgan fingerprint density at radius 1 is 1.28 bits per heavy atom. The van der Waals surface area contributed by atoms with Gasteiger partial charge in [-0.1, -0.05) is 42.8 Å². The van der Waals surface area contributed by atoms with Gasteiger partial charge in [0.1, 0.15) is 5.78 Å². The fourth-order valence-electron chi connectivity index (χ4n) is 2.75. The molecule has 0 radical (unpaired) electrons. The van der Waals surface area contributed by atoms with Gasteiger partial charge in [-0.2, -0.15) is 0 Å². The van der Waals surface area contributed by atoms with Gasteiger partial charge in [0.05, 0.1) is 5.41 Å². The van der Waals surface area contributed by atoms with Crippen molar-refractivity contribution in [2.45, 2.75) is 32.1 Å². The SMILES string of the molecule is C=CCC1(C(=O)c2ccccc2)CCCCC1=O. The van der Waals surface area contributed by atoms with Crippen molar-refractivity contribution >= 4 is 11.6 Å². The highest BCUT2D eigenvalue weighted by Crippen LogP contribution is 2.39. The van der Waals surface area contributed by atoms with Gasteiger partial charge in [-0.25, -0.2) is 0 Å². The molecule has 0 N–H and O–H groups in total. The van der Waals surface area contributed by atoms with E-state index >= 15 is 0 Å². The molecule has 1 aromatic rings. The average molecular weight is 242 g/mol. The normalized spacial score (nSPS) is 23.7. The summed E-state index contributed by atoms with van der Waals surface area (Å²) in [5.74, 6) is 0.0511. The number of allylic oxidation sites excluding steroid dienone is 1. The molecular weight excluding hydrogens is 224 g/mol. The maximum atomic E-state index is 12.7. The van der Waals surface area contributed by atoms with Crippen LogP contribution >= 0.6 is 0 Å². The summed E-state index contributed by atoms with van der Waals surface area (Å²) in [6.45, 7) is 3.71. The minimum Gasteiger partial charge on any atom is -0.299 e. The molecule has 0 spiro atoms. The zero-order valence-corrected chi connectivity index (χ0v) is 10.5. The van der Waals surface area contributed by atoms with Crippen molar-refractivity contribution in [3.63, 3.8) is 0 Å². The third-order valence-corrected chi connectivity index (χ3v) is 3.75. The van der Waals surface area contributed by atoms with E-state index in [2.05, 4.69) is 6.58 Å². The van der Waals surface area contributed by atoms with Crippen LogP contribution in [0.3, 0.4) is 0 Å². The van der Waals surface area contributed by atoms with Gasteiger partial charge >= 0.3 is 0 Å². The second-order valence-corrected chi connectivity index (χ2v) is 4.90. The molecule has 1 aliphatic carbocycles. The molecular formula is C16H18O2. The lowest BCUT2D eigenvalue weighted by Gasteiger charge is -2.33. The van der Waals surface area contributed by atoms with Crippen molar-refractivity contribution in [1.82, 2.24) is 0 Å². The van der Waals surface area contributed by atoms with E-state index in [4.69, 9.17) is 0 Å². The number of benzene rings is 1. The number of hydrogen-bond donors (Lipinski definition) is 0. The Morgan fingerprint density at radius 2 is 2.00 bits per heavy atom. The van der Waals surface area contributed by atoms with Crippen molar-refractivity contribution in [2.24, 2.45) is 5.41 Å². The summed E-state index contributed by atoms with van der Waals surface area (Å²) < 4.78 is 0. The van der Waals surface area contributed by atoms with E-state index in [1.54, 1.807) is 18.2 Å². The summed E-state index contributed by atoms with van der Waals surface area (Å²) >= 11 is 0. The van der Waals surface area contributed by atoms with E-state index in [9.17, 15) is 9.59 Å². The third kappa shape index (κ3) is 2.15. The predicted molar refractivity (Wildman–Crippen MR) is 71.5 cm³/mol. The Hall–Kier alpha value is -1.70. The van der Waals surface area contributed by atoms with Crippen molar-refractivity contribution in [1.29, 1.82) is 0 Å². The summed E-state index contributed by atoms with van der Waals surface area (Å²) in [5.41, 5.74) is -0.212. The zero-order chi connectivity index (χ0) is 13.0. The first kappa shape index (κ1) is 12.7. The molecule has 1 aliphatic rings. The maximum absolute atomic E-state index is 12.7. The van der Waals surface area contributed by atoms with Crippen LogP contribution < -0.4 is 0 Å². The van der Waals surface area contributed by atoms with Crippen LogP contribution in [-0.4, -0.2) is 11.6 Å². The molecule has 2 heteroatoms. The zero-order valence-electron chi connectivity index (χ0n) is 10.5. The van der Waals surface area contributed by atoms with E-state index in [0.29, 0.717) is 24.8 Å². The van der Waals surface area contributed by atoms with Crippen LogP contribution in [0.2, 0.25) is 0 Å². The third-order valence-electron chi connectivity index (χ3n) is 3.75. The number of ketones is 2. The van der Waals surface area contributed by atoms with Gasteiger partial charge < -0.3 is 0 Å². The topological polar surface area (TPSA) is 34.1 Å². The summed E-state index contributed by atoms with van der Waals surface area (Å²) in [7, 11) is 0. The highest BCUT2D eigenvalue weighted by Gasteiger charge is 2.45. The van der Waals surface area contributed by atoms with Crippen LogP contribution in [0.25, 0.3) is 0 Å². The molecule has 94 valence electrons. The van der Waals surface area contributed by atoms with Crippen molar-refractivity contribution in [2.75, 3.05) is 0 Å². The van der Waals surface area contributed by atoms with Crippen molar-refractivity contribution < 1.29 is 9.59 Å². The van der Waals surface area contributed by atoms with Gasteiger partial charge in [-0.05, 0) is 19.3 Å². The van der Waals surface area contributed by atoms with Crippen molar-refractivity contribution in [3.05, 3.63) is 48.6 Å². The molecule has 0 aliphatic heterocycles. The Labute approximate surface area is 108 Å². The lowest BCUT2D eigenvalue weighted by molar-refractivity contribution is -0.128. The van der Waals surface area contributed by atoms with E-state index in [0.717, 1.165) is 12.8 Å². The van der Waals surface area contributed by atoms with E-state index in [1.165, 1.54) is 0 Å².